The van der Waals surface area contributed by atoms with Crippen molar-refractivity contribution in [2.45, 2.75) is 19.1 Å². The molecule has 1 unspecified atom stereocenters. The van der Waals surface area contributed by atoms with Crippen molar-refractivity contribution < 1.29 is 19.3 Å². The SMILES string of the molecule is C[C@H](N)c1ccc(OCC(O)CO)c(F)c1. The average Bonchev–Trinajstić information content (AvgIpc) is 2.26. The van der Waals surface area contributed by atoms with E-state index in [1.54, 1.807) is 13.0 Å². The Kier molecular flexibility index (Phi) is 4.67. The van der Waals surface area contributed by atoms with E-state index in [2.05, 4.69) is 0 Å². The molecule has 0 radical (unpaired) electrons. The fourth-order valence-corrected chi connectivity index (χ4v) is 1.16. The maximum atomic E-state index is 13.4. The topological polar surface area (TPSA) is 75.7 Å². The van der Waals surface area contributed by atoms with Gasteiger partial charge in [-0.1, -0.05) is 6.07 Å². The van der Waals surface area contributed by atoms with Crippen molar-refractivity contribution in [3.8, 4) is 5.75 Å². The van der Waals surface area contributed by atoms with Crippen molar-refractivity contribution >= 4 is 0 Å². The zero-order valence-electron chi connectivity index (χ0n) is 9.06. The van der Waals surface area contributed by atoms with Crippen molar-refractivity contribution in [2.24, 2.45) is 5.73 Å². The van der Waals surface area contributed by atoms with Gasteiger partial charge in [0.1, 0.15) is 12.7 Å². The van der Waals surface area contributed by atoms with Crippen LogP contribution >= 0.6 is 0 Å². The first-order valence-electron chi connectivity index (χ1n) is 5.01. The van der Waals surface area contributed by atoms with E-state index in [1.807, 2.05) is 0 Å². The van der Waals surface area contributed by atoms with E-state index in [1.165, 1.54) is 12.1 Å². The van der Waals surface area contributed by atoms with Gasteiger partial charge in [-0.25, -0.2) is 4.39 Å². The van der Waals surface area contributed by atoms with Crippen LogP contribution in [0.4, 0.5) is 4.39 Å². The number of aliphatic hydroxyl groups excluding tert-OH is 2. The summed E-state index contributed by atoms with van der Waals surface area (Å²) in [5.41, 5.74) is 6.27. The van der Waals surface area contributed by atoms with Gasteiger partial charge in [-0.3, -0.25) is 0 Å². The van der Waals surface area contributed by atoms with E-state index in [0.717, 1.165) is 0 Å². The number of benzene rings is 1. The molecule has 0 saturated carbocycles. The van der Waals surface area contributed by atoms with Crippen LogP contribution in [-0.4, -0.2) is 29.5 Å². The van der Waals surface area contributed by atoms with Crippen molar-refractivity contribution in [1.82, 2.24) is 0 Å². The molecule has 4 N–H and O–H groups in total. The van der Waals surface area contributed by atoms with Gasteiger partial charge in [0, 0.05) is 6.04 Å². The smallest absolute Gasteiger partial charge is 0.165 e. The Morgan fingerprint density at radius 2 is 2.19 bits per heavy atom. The van der Waals surface area contributed by atoms with E-state index in [-0.39, 0.29) is 18.4 Å². The highest BCUT2D eigenvalue weighted by Gasteiger charge is 2.09. The van der Waals surface area contributed by atoms with E-state index >= 15 is 0 Å². The summed E-state index contributed by atoms with van der Waals surface area (Å²) in [5, 5.41) is 17.6. The van der Waals surface area contributed by atoms with Gasteiger partial charge in [-0.15, -0.1) is 0 Å². The Morgan fingerprint density at radius 3 is 2.69 bits per heavy atom. The number of halogens is 1. The van der Waals surface area contributed by atoms with Gasteiger partial charge in [-0.05, 0) is 24.6 Å². The number of hydrogen-bond donors (Lipinski definition) is 3. The summed E-state index contributed by atoms with van der Waals surface area (Å²) in [5.74, 6) is -0.489. The molecule has 2 atom stereocenters. The van der Waals surface area contributed by atoms with Crippen molar-refractivity contribution in [3.05, 3.63) is 29.6 Å². The lowest BCUT2D eigenvalue weighted by molar-refractivity contribution is 0.0523. The lowest BCUT2D eigenvalue weighted by Crippen LogP contribution is -2.21. The summed E-state index contributed by atoms with van der Waals surface area (Å²) in [7, 11) is 0. The highest BCUT2D eigenvalue weighted by molar-refractivity contribution is 5.30. The van der Waals surface area contributed by atoms with Crippen LogP contribution in [0.25, 0.3) is 0 Å². The minimum atomic E-state index is -1.01. The Labute approximate surface area is 93.5 Å². The molecule has 0 bridgehead atoms. The first-order chi connectivity index (χ1) is 7.54. The highest BCUT2D eigenvalue weighted by Crippen LogP contribution is 2.21. The monoisotopic (exact) mass is 229 g/mol. The van der Waals surface area contributed by atoms with E-state index in [0.29, 0.717) is 5.56 Å². The molecule has 0 aliphatic heterocycles. The average molecular weight is 229 g/mol. The normalized spacial score (nSPS) is 14.6. The van der Waals surface area contributed by atoms with Crippen LogP contribution in [0.5, 0.6) is 5.75 Å². The van der Waals surface area contributed by atoms with Gasteiger partial charge in [0.25, 0.3) is 0 Å². The highest BCUT2D eigenvalue weighted by atomic mass is 19.1. The number of aliphatic hydroxyl groups is 2. The Bertz CT molecular complexity index is 344. The third-order valence-electron chi connectivity index (χ3n) is 2.12. The van der Waals surface area contributed by atoms with Crippen LogP contribution < -0.4 is 10.5 Å². The fourth-order valence-electron chi connectivity index (χ4n) is 1.16. The summed E-state index contributed by atoms with van der Waals surface area (Å²) >= 11 is 0. The van der Waals surface area contributed by atoms with Crippen LogP contribution in [0, 0.1) is 5.82 Å². The van der Waals surface area contributed by atoms with Gasteiger partial charge in [0.15, 0.2) is 11.6 Å². The Hall–Kier alpha value is -1.17. The predicted octanol–water partition coefficient (Wildman–Crippen LogP) is 0.577. The lowest BCUT2D eigenvalue weighted by Gasteiger charge is -2.12. The summed E-state index contributed by atoms with van der Waals surface area (Å²) in [6.07, 6.45) is -1.01. The van der Waals surface area contributed by atoms with Crippen LogP contribution in [0.1, 0.15) is 18.5 Å². The van der Waals surface area contributed by atoms with E-state index in [9.17, 15) is 4.39 Å². The number of nitrogens with two attached hydrogens (primary N) is 1. The molecule has 0 aliphatic carbocycles. The molecule has 1 aromatic rings. The van der Waals surface area contributed by atoms with Crippen molar-refractivity contribution in [3.63, 3.8) is 0 Å². The lowest BCUT2D eigenvalue weighted by atomic mass is 10.1. The number of ether oxygens (including phenoxy) is 1. The van der Waals surface area contributed by atoms with Crippen molar-refractivity contribution in [1.29, 1.82) is 0 Å². The summed E-state index contributed by atoms with van der Waals surface area (Å²) in [4.78, 5) is 0. The molecule has 0 aromatic heterocycles. The van der Waals surface area contributed by atoms with E-state index in [4.69, 9.17) is 20.7 Å². The minimum Gasteiger partial charge on any atom is -0.488 e. The molecule has 0 amide bonds. The third-order valence-corrected chi connectivity index (χ3v) is 2.12. The maximum absolute atomic E-state index is 13.4. The fraction of sp³-hybridized carbons (Fsp3) is 0.455. The number of hydrogen-bond acceptors (Lipinski definition) is 4. The second kappa shape index (κ2) is 5.79. The zero-order valence-corrected chi connectivity index (χ0v) is 9.06. The van der Waals surface area contributed by atoms with Gasteiger partial charge < -0.3 is 20.7 Å². The molecule has 16 heavy (non-hydrogen) atoms. The second-order valence-electron chi connectivity index (χ2n) is 3.63. The minimum absolute atomic E-state index is 0.0388. The largest absolute Gasteiger partial charge is 0.488 e. The first kappa shape index (κ1) is 12.9. The predicted molar refractivity (Wildman–Crippen MR) is 57.6 cm³/mol. The van der Waals surface area contributed by atoms with Crippen LogP contribution in [0.15, 0.2) is 18.2 Å². The molecule has 5 heteroatoms. The molecule has 1 aromatic carbocycles. The Balaban J connectivity index is 2.68. The van der Waals surface area contributed by atoms with Gasteiger partial charge in [0.2, 0.25) is 0 Å². The molecular formula is C11H16FNO3. The molecule has 0 fully saturated rings. The summed E-state index contributed by atoms with van der Waals surface area (Å²) in [6.45, 7) is 1.19. The second-order valence-corrected chi connectivity index (χ2v) is 3.63. The molecular weight excluding hydrogens is 213 g/mol. The van der Waals surface area contributed by atoms with Crippen LogP contribution in [0.2, 0.25) is 0 Å². The first-order valence-corrected chi connectivity index (χ1v) is 5.01. The standard InChI is InChI=1S/C11H16FNO3/c1-7(13)8-2-3-11(10(12)4-8)16-6-9(15)5-14/h2-4,7,9,14-15H,5-6,13H2,1H3/t7-,9?/m0/s1. The third kappa shape index (κ3) is 3.44. The Morgan fingerprint density at radius 1 is 1.50 bits per heavy atom. The quantitative estimate of drug-likeness (QED) is 0.690. The van der Waals surface area contributed by atoms with E-state index < -0.39 is 18.5 Å². The molecule has 0 aliphatic rings. The van der Waals surface area contributed by atoms with Crippen LogP contribution in [-0.2, 0) is 0 Å². The molecule has 1 rings (SSSR count). The van der Waals surface area contributed by atoms with Gasteiger partial charge >= 0.3 is 0 Å². The molecule has 90 valence electrons. The molecule has 4 nitrogen and oxygen atoms in total. The summed E-state index contributed by atoms with van der Waals surface area (Å²) in [6, 6.07) is 4.17. The zero-order chi connectivity index (χ0) is 12.1. The van der Waals surface area contributed by atoms with Crippen molar-refractivity contribution in [2.75, 3.05) is 13.2 Å². The van der Waals surface area contributed by atoms with Gasteiger partial charge in [-0.2, -0.15) is 0 Å². The molecule has 0 heterocycles. The molecule has 0 saturated heterocycles. The van der Waals surface area contributed by atoms with Gasteiger partial charge in [0.05, 0.1) is 6.61 Å². The number of rotatable bonds is 5. The molecule has 0 spiro atoms. The van der Waals surface area contributed by atoms with Crippen LogP contribution in [0.3, 0.4) is 0 Å². The summed E-state index contributed by atoms with van der Waals surface area (Å²) < 4.78 is 18.4. The maximum Gasteiger partial charge on any atom is 0.165 e.